The molecule has 0 aliphatic heterocycles. The van der Waals surface area contributed by atoms with Crippen molar-refractivity contribution < 1.29 is 8.42 Å². The lowest BCUT2D eigenvalue weighted by Gasteiger charge is -2.18. The van der Waals surface area contributed by atoms with Crippen LogP contribution < -0.4 is 15.4 Å². The lowest BCUT2D eigenvalue weighted by molar-refractivity contribution is 0.588. The van der Waals surface area contributed by atoms with Crippen molar-refractivity contribution in [3.8, 4) is 0 Å². The Bertz CT molecular complexity index is 650. The Kier molecular flexibility index (Phi) is 8.11. The summed E-state index contributed by atoms with van der Waals surface area (Å²) in [4.78, 5) is 4.33. The fourth-order valence-electron chi connectivity index (χ4n) is 1.79. The summed E-state index contributed by atoms with van der Waals surface area (Å²) < 4.78 is 24.4. The summed E-state index contributed by atoms with van der Waals surface area (Å²) in [6.45, 7) is 5.20. The van der Waals surface area contributed by atoms with Crippen LogP contribution in [0.1, 0.15) is 25.5 Å². The molecular weight excluding hydrogens is 359 g/mol. The van der Waals surface area contributed by atoms with Crippen LogP contribution in [0.5, 0.6) is 0 Å². The van der Waals surface area contributed by atoms with Gasteiger partial charge in [-0.3, -0.25) is 4.99 Å². The van der Waals surface area contributed by atoms with Crippen LogP contribution in [0.25, 0.3) is 0 Å². The number of halogens is 2. The Labute approximate surface area is 147 Å². The molecule has 1 aromatic carbocycles. The predicted molar refractivity (Wildman–Crippen MR) is 96.8 cm³/mol. The van der Waals surface area contributed by atoms with Crippen molar-refractivity contribution in [2.45, 2.75) is 19.9 Å². The monoisotopic (exact) mass is 380 g/mol. The topological polar surface area (TPSA) is 82.6 Å². The van der Waals surface area contributed by atoms with Gasteiger partial charge in [0.15, 0.2) is 5.96 Å². The quantitative estimate of drug-likeness (QED) is 0.384. The van der Waals surface area contributed by atoms with Crippen molar-refractivity contribution >= 4 is 39.2 Å². The van der Waals surface area contributed by atoms with Crippen LogP contribution in [0.3, 0.4) is 0 Å². The molecule has 0 aliphatic rings. The number of aliphatic imine (C=N–C) groups is 1. The van der Waals surface area contributed by atoms with E-state index < -0.39 is 10.0 Å². The van der Waals surface area contributed by atoms with Gasteiger partial charge < -0.3 is 10.6 Å². The summed E-state index contributed by atoms with van der Waals surface area (Å²) in [5.74, 6) is 0.598. The Hall–Kier alpha value is -1.02. The highest BCUT2D eigenvalue weighted by molar-refractivity contribution is 7.88. The molecule has 0 fully saturated rings. The van der Waals surface area contributed by atoms with Crippen LogP contribution in [0, 0.1) is 0 Å². The van der Waals surface area contributed by atoms with Crippen LogP contribution in [-0.2, 0) is 10.0 Å². The number of guanidine groups is 1. The highest BCUT2D eigenvalue weighted by Gasteiger charge is 2.09. The molecule has 0 radical (unpaired) electrons. The van der Waals surface area contributed by atoms with Gasteiger partial charge in [0.2, 0.25) is 10.0 Å². The maximum atomic E-state index is 11.0. The van der Waals surface area contributed by atoms with Crippen LogP contribution in [0.15, 0.2) is 23.2 Å². The molecule has 0 bridgehead atoms. The van der Waals surface area contributed by atoms with Crippen molar-refractivity contribution in [3.63, 3.8) is 0 Å². The standard InChI is InChI=1S/C14H22Cl2N4O2S/c1-4-17-14(18-7-8-19-23(3,21)22)20-10(2)11-5-6-12(15)13(16)9-11/h5-6,9-10,19H,4,7-8H2,1-3H3,(H2,17,18,20). The van der Waals surface area contributed by atoms with Gasteiger partial charge in [-0.1, -0.05) is 29.3 Å². The zero-order valence-electron chi connectivity index (χ0n) is 13.4. The maximum Gasteiger partial charge on any atom is 0.208 e. The van der Waals surface area contributed by atoms with E-state index >= 15 is 0 Å². The molecule has 0 saturated heterocycles. The molecule has 9 heteroatoms. The molecule has 130 valence electrons. The van der Waals surface area contributed by atoms with Crippen molar-refractivity contribution in [2.24, 2.45) is 4.99 Å². The first-order chi connectivity index (χ1) is 10.7. The Morgan fingerprint density at radius 2 is 2.00 bits per heavy atom. The van der Waals surface area contributed by atoms with E-state index in [1.807, 2.05) is 19.9 Å². The van der Waals surface area contributed by atoms with E-state index in [0.29, 0.717) is 29.1 Å². The second-order valence-electron chi connectivity index (χ2n) is 4.97. The van der Waals surface area contributed by atoms with Crippen LogP contribution in [0.2, 0.25) is 10.0 Å². The third-order valence-corrected chi connectivity index (χ3v) is 4.35. The molecule has 1 rings (SSSR count). The number of rotatable bonds is 7. The normalized spacial score (nSPS) is 13.7. The van der Waals surface area contributed by atoms with Gasteiger partial charge in [0.25, 0.3) is 0 Å². The smallest absolute Gasteiger partial charge is 0.208 e. The van der Waals surface area contributed by atoms with Crippen molar-refractivity contribution in [2.75, 3.05) is 25.9 Å². The molecule has 1 aromatic rings. The molecule has 1 unspecified atom stereocenters. The first-order valence-electron chi connectivity index (χ1n) is 7.17. The van der Waals surface area contributed by atoms with Crippen molar-refractivity contribution in [1.82, 2.24) is 15.4 Å². The molecule has 6 nitrogen and oxygen atoms in total. The second kappa shape index (κ2) is 9.32. The fourth-order valence-corrected chi connectivity index (χ4v) is 2.56. The van der Waals surface area contributed by atoms with Crippen LogP contribution >= 0.6 is 23.2 Å². The van der Waals surface area contributed by atoms with E-state index in [0.717, 1.165) is 11.8 Å². The molecule has 0 saturated carbocycles. The van der Waals surface area contributed by atoms with E-state index in [1.165, 1.54) is 0 Å². The van der Waals surface area contributed by atoms with E-state index in [2.05, 4.69) is 20.3 Å². The first-order valence-corrected chi connectivity index (χ1v) is 9.82. The summed E-state index contributed by atoms with van der Waals surface area (Å²) in [5.41, 5.74) is 0.972. The molecule has 0 aromatic heterocycles. The van der Waals surface area contributed by atoms with Crippen molar-refractivity contribution in [1.29, 1.82) is 0 Å². The largest absolute Gasteiger partial charge is 0.357 e. The molecule has 0 amide bonds. The van der Waals surface area contributed by atoms with Gasteiger partial charge in [-0.2, -0.15) is 0 Å². The highest BCUT2D eigenvalue weighted by Crippen LogP contribution is 2.25. The van der Waals surface area contributed by atoms with Crippen LogP contribution in [-0.4, -0.2) is 40.3 Å². The van der Waals surface area contributed by atoms with Gasteiger partial charge >= 0.3 is 0 Å². The van der Waals surface area contributed by atoms with Gasteiger partial charge in [-0.05, 0) is 31.5 Å². The Morgan fingerprint density at radius 3 is 2.57 bits per heavy atom. The Morgan fingerprint density at radius 1 is 1.30 bits per heavy atom. The first kappa shape index (κ1) is 20.0. The number of nitrogens with zero attached hydrogens (tertiary/aromatic N) is 1. The lowest BCUT2D eigenvalue weighted by atomic mass is 10.1. The third kappa shape index (κ3) is 7.87. The van der Waals surface area contributed by atoms with E-state index in [4.69, 9.17) is 23.2 Å². The molecular formula is C14H22Cl2N4O2S. The van der Waals surface area contributed by atoms with Gasteiger partial charge in [0, 0.05) is 13.1 Å². The average molecular weight is 381 g/mol. The molecule has 0 heterocycles. The summed E-state index contributed by atoms with van der Waals surface area (Å²) in [7, 11) is -3.20. The molecule has 0 aliphatic carbocycles. The van der Waals surface area contributed by atoms with E-state index in [1.54, 1.807) is 12.1 Å². The molecule has 1 atom stereocenters. The molecule has 0 spiro atoms. The second-order valence-corrected chi connectivity index (χ2v) is 7.61. The van der Waals surface area contributed by atoms with Gasteiger partial charge in [0.1, 0.15) is 0 Å². The minimum absolute atomic E-state index is 0.0366. The summed E-state index contributed by atoms with van der Waals surface area (Å²) in [5, 5.41) is 7.35. The summed E-state index contributed by atoms with van der Waals surface area (Å²) >= 11 is 11.9. The fraction of sp³-hybridized carbons (Fsp3) is 0.500. The summed E-state index contributed by atoms with van der Waals surface area (Å²) in [6, 6.07) is 5.40. The molecule has 23 heavy (non-hydrogen) atoms. The number of benzene rings is 1. The number of hydrogen-bond acceptors (Lipinski definition) is 3. The zero-order valence-corrected chi connectivity index (χ0v) is 15.7. The number of sulfonamides is 1. The Balaban J connectivity index is 2.68. The summed E-state index contributed by atoms with van der Waals surface area (Å²) in [6.07, 6.45) is 1.12. The van der Waals surface area contributed by atoms with Gasteiger partial charge in [-0.15, -0.1) is 0 Å². The van der Waals surface area contributed by atoms with Crippen LogP contribution in [0.4, 0.5) is 0 Å². The zero-order chi connectivity index (χ0) is 17.5. The highest BCUT2D eigenvalue weighted by atomic mass is 35.5. The minimum atomic E-state index is -3.20. The van der Waals surface area contributed by atoms with Gasteiger partial charge in [-0.25, -0.2) is 13.1 Å². The SMILES string of the molecule is CCNC(=NCCNS(C)(=O)=O)NC(C)c1ccc(Cl)c(Cl)c1. The number of hydrogen-bond donors (Lipinski definition) is 3. The number of nitrogens with one attached hydrogen (secondary N) is 3. The predicted octanol–water partition coefficient (Wildman–Crippen LogP) is 2.16. The van der Waals surface area contributed by atoms with E-state index in [-0.39, 0.29) is 12.6 Å². The maximum absolute atomic E-state index is 11.0. The molecule has 3 N–H and O–H groups in total. The van der Waals surface area contributed by atoms with Gasteiger partial charge in [0.05, 0.1) is 28.9 Å². The third-order valence-electron chi connectivity index (χ3n) is 2.89. The lowest BCUT2D eigenvalue weighted by Crippen LogP contribution is -2.39. The van der Waals surface area contributed by atoms with Crippen molar-refractivity contribution in [3.05, 3.63) is 33.8 Å². The minimum Gasteiger partial charge on any atom is -0.357 e. The average Bonchev–Trinajstić information content (AvgIpc) is 2.45. The van der Waals surface area contributed by atoms with E-state index in [9.17, 15) is 8.42 Å².